The van der Waals surface area contributed by atoms with Crippen LogP contribution in [0.5, 0.6) is 17.2 Å². The molecule has 33 heavy (non-hydrogen) atoms. The molecule has 6 nitrogen and oxygen atoms in total. The predicted octanol–water partition coefficient (Wildman–Crippen LogP) is 4.48. The molecule has 2 N–H and O–H groups in total. The maximum Gasteiger partial charge on any atom is 0.258 e. The lowest BCUT2D eigenvalue weighted by atomic mass is 10.0. The number of carbonyl (C=O) groups is 1. The van der Waals surface area contributed by atoms with Crippen molar-refractivity contribution in [1.29, 1.82) is 0 Å². The number of ether oxygens (including phenoxy) is 3. The Labute approximate surface area is 196 Å². The molecule has 0 bridgehead atoms. The highest BCUT2D eigenvalue weighted by Crippen LogP contribution is 2.29. The highest BCUT2D eigenvalue weighted by Gasteiger charge is 2.15. The van der Waals surface area contributed by atoms with Gasteiger partial charge in [-0.2, -0.15) is 0 Å². The maximum absolute atomic E-state index is 12.3. The van der Waals surface area contributed by atoms with Crippen LogP contribution in [0.1, 0.15) is 31.9 Å². The Morgan fingerprint density at radius 1 is 0.909 bits per heavy atom. The van der Waals surface area contributed by atoms with Gasteiger partial charge < -0.3 is 24.8 Å². The monoisotopic (exact) mass is 450 g/mol. The number of benzene rings is 3. The number of nitrogens with one attached hydrogen (secondary N) is 2. The van der Waals surface area contributed by atoms with E-state index >= 15 is 0 Å². The number of hydrogen-bond donors (Lipinski definition) is 2. The van der Waals surface area contributed by atoms with Crippen molar-refractivity contribution in [3.8, 4) is 17.2 Å². The Balaban J connectivity index is 1.68. The van der Waals surface area contributed by atoms with Gasteiger partial charge in [0, 0.05) is 17.6 Å². The second-order valence-electron chi connectivity index (χ2n) is 8.97. The van der Waals surface area contributed by atoms with Crippen LogP contribution in [0, 0.1) is 0 Å². The van der Waals surface area contributed by atoms with E-state index in [1.807, 2.05) is 63.2 Å². The lowest BCUT2D eigenvalue weighted by Crippen LogP contribution is -2.43. The second-order valence-corrected chi connectivity index (χ2v) is 8.97. The normalized spacial score (nSPS) is 11.3. The number of hydrogen-bond acceptors (Lipinski definition) is 5. The lowest BCUT2D eigenvalue weighted by molar-refractivity contribution is -0.124. The molecule has 176 valence electrons. The zero-order valence-corrected chi connectivity index (χ0v) is 20.2. The van der Waals surface area contributed by atoms with E-state index in [9.17, 15) is 4.79 Å². The van der Waals surface area contributed by atoms with Gasteiger partial charge in [-0.25, -0.2) is 0 Å². The first-order chi connectivity index (χ1) is 15.8. The van der Waals surface area contributed by atoms with Crippen molar-refractivity contribution in [3.63, 3.8) is 0 Å². The molecule has 1 amide bonds. The summed E-state index contributed by atoms with van der Waals surface area (Å²) in [7, 11) is 3.28. The van der Waals surface area contributed by atoms with Gasteiger partial charge in [0.2, 0.25) is 0 Å². The quantitative estimate of drug-likeness (QED) is 0.446. The summed E-state index contributed by atoms with van der Waals surface area (Å²) in [5, 5.41) is 8.71. The SMILES string of the molecule is COc1ccc(CCNCc2c(OCC(=O)NC(C)(C)C)ccc3ccccc23)cc1OC. The van der Waals surface area contributed by atoms with Gasteiger partial charge in [0.15, 0.2) is 18.1 Å². The van der Waals surface area contributed by atoms with Crippen LogP contribution >= 0.6 is 0 Å². The molecule has 6 heteroatoms. The molecule has 0 fully saturated rings. The van der Waals surface area contributed by atoms with Crippen LogP contribution in [0.4, 0.5) is 0 Å². The minimum atomic E-state index is -0.293. The number of fused-ring (bicyclic) bond motifs is 1. The van der Waals surface area contributed by atoms with Crippen molar-refractivity contribution in [2.45, 2.75) is 39.3 Å². The predicted molar refractivity (Wildman–Crippen MR) is 132 cm³/mol. The zero-order valence-electron chi connectivity index (χ0n) is 20.2. The van der Waals surface area contributed by atoms with E-state index in [1.54, 1.807) is 14.2 Å². The summed E-state index contributed by atoms with van der Waals surface area (Å²) in [4.78, 5) is 12.3. The van der Waals surface area contributed by atoms with Crippen LogP contribution < -0.4 is 24.8 Å². The molecule has 3 rings (SSSR count). The third kappa shape index (κ3) is 6.86. The van der Waals surface area contributed by atoms with E-state index in [4.69, 9.17) is 14.2 Å². The molecular formula is C27H34N2O4. The first-order valence-corrected chi connectivity index (χ1v) is 11.2. The van der Waals surface area contributed by atoms with Gasteiger partial charge in [-0.1, -0.05) is 36.4 Å². The summed E-state index contributed by atoms with van der Waals surface area (Å²) >= 11 is 0. The van der Waals surface area contributed by atoms with Crippen molar-refractivity contribution >= 4 is 16.7 Å². The second kappa shape index (κ2) is 11.1. The molecule has 0 aliphatic heterocycles. The van der Waals surface area contributed by atoms with E-state index in [0.717, 1.165) is 52.1 Å². The Morgan fingerprint density at radius 3 is 2.36 bits per heavy atom. The molecule has 3 aromatic rings. The van der Waals surface area contributed by atoms with E-state index in [0.29, 0.717) is 6.54 Å². The summed E-state index contributed by atoms with van der Waals surface area (Å²) in [6, 6.07) is 18.1. The van der Waals surface area contributed by atoms with E-state index in [1.165, 1.54) is 0 Å². The Kier molecular flexibility index (Phi) is 8.17. The van der Waals surface area contributed by atoms with E-state index < -0.39 is 0 Å². The van der Waals surface area contributed by atoms with Crippen LogP contribution in [-0.2, 0) is 17.8 Å². The van der Waals surface area contributed by atoms with E-state index in [2.05, 4.69) is 22.8 Å². The van der Waals surface area contributed by atoms with Crippen molar-refractivity contribution in [1.82, 2.24) is 10.6 Å². The van der Waals surface area contributed by atoms with Gasteiger partial charge in [-0.15, -0.1) is 0 Å². The lowest BCUT2D eigenvalue weighted by Gasteiger charge is -2.21. The summed E-state index contributed by atoms with van der Waals surface area (Å²) in [5.41, 5.74) is 1.91. The number of methoxy groups -OCH3 is 2. The largest absolute Gasteiger partial charge is 0.493 e. The molecule has 0 aliphatic carbocycles. The maximum atomic E-state index is 12.3. The van der Waals surface area contributed by atoms with Crippen LogP contribution in [0.15, 0.2) is 54.6 Å². The first kappa shape index (κ1) is 24.4. The Hall–Kier alpha value is -3.25. The van der Waals surface area contributed by atoms with Gasteiger partial charge in [0.1, 0.15) is 5.75 Å². The van der Waals surface area contributed by atoms with Gasteiger partial charge in [0.05, 0.1) is 14.2 Å². The van der Waals surface area contributed by atoms with E-state index in [-0.39, 0.29) is 18.1 Å². The molecule has 0 spiro atoms. The van der Waals surface area contributed by atoms with Crippen molar-refractivity contribution in [2.24, 2.45) is 0 Å². The summed E-state index contributed by atoms with van der Waals surface area (Å²) < 4.78 is 16.7. The van der Waals surface area contributed by atoms with Gasteiger partial charge in [0.25, 0.3) is 5.91 Å². The zero-order chi connectivity index (χ0) is 23.8. The molecule has 0 unspecified atom stereocenters. The molecule has 0 heterocycles. The Bertz CT molecular complexity index is 1090. The molecule has 0 saturated carbocycles. The third-order valence-corrected chi connectivity index (χ3v) is 5.21. The Morgan fingerprint density at radius 2 is 1.64 bits per heavy atom. The molecule has 3 aromatic carbocycles. The fourth-order valence-corrected chi connectivity index (χ4v) is 3.71. The van der Waals surface area contributed by atoms with Gasteiger partial charge in [-0.05, 0) is 68.3 Å². The molecule has 0 atom stereocenters. The first-order valence-electron chi connectivity index (χ1n) is 11.2. The highest BCUT2D eigenvalue weighted by atomic mass is 16.5. The highest BCUT2D eigenvalue weighted by molar-refractivity contribution is 5.88. The van der Waals surface area contributed by atoms with Crippen molar-refractivity contribution in [3.05, 3.63) is 65.7 Å². The summed E-state index contributed by atoms with van der Waals surface area (Å²) in [6.45, 7) is 7.25. The van der Waals surface area contributed by atoms with Crippen LogP contribution in [-0.4, -0.2) is 38.8 Å². The average Bonchev–Trinajstić information content (AvgIpc) is 2.79. The topological polar surface area (TPSA) is 68.8 Å². The summed E-state index contributed by atoms with van der Waals surface area (Å²) in [5.74, 6) is 2.04. The third-order valence-electron chi connectivity index (χ3n) is 5.21. The number of carbonyl (C=O) groups excluding carboxylic acids is 1. The standard InChI is InChI=1S/C27H34N2O4/c1-27(2,3)29-26(30)18-33-23-13-11-20-8-6-7-9-21(20)22(23)17-28-15-14-19-10-12-24(31-4)25(16-19)32-5/h6-13,16,28H,14-15,17-18H2,1-5H3,(H,29,30). The number of rotatable bonds is 10. The van der Waals surface area contributed by atoms with Crippen LogP contribution in [0.2, 0.25) is 0 Å². The van der Waals surface area contributed by atoms with Crippen LogP contribution in [0.25, 0.3) is 10.8 Å². The molecule has 0 radical (unpaired) electrons. The average molecular weight is 451 g/mol. The van der Waals surface area contributed by atoms with Crippen molar-refractivity contribution in [2.75, 3.05) is 27.4 Å². The smallest absolute Gasteiger partial charge is 0.258 e. The van der Waals surface area contributed by atoms with Crippen molar-refractivity contribution < 1.29 is 19.0 Å². The number of amides is 1. The van der Waals surface area contributed by atoms with Crippen LogP contribution in [0.3, 0.4) is 0 Å². The summed E-state index contributed by atoms with van der Waals surface area (Å²) in [6.07, 6.45) is 0.843. The fraction of sp³-hybridized carbons (Fsp3) is 0.370. The molecule has 0 saturated heterocycles. The minimum absolute atomic E-state index is 0.0196. The fourth-order valence-electron chi connectivity index (χ4n) is 3.71. The van der Waals surface area contributed by atoms with Gasteiger partial charge >= 0.3 is 0 Å². The molecular weight excluding hydrogens is 416 g/mol. The van der Waals surface area contributed by atoms with Gasteiger partial charge in [-0.3, -0.25) is 4.79 Å². The molecule has 0 aromatic heterocycles. The minimum Gasteiger partial charge on any atom is -0.493 e. The molecule has 0 aliphatic rings.